The normalized spacial score (nSPS) is 18.1. The van der Waals surface area contributed by atoms with E-state index in [4.69, 9.17) is 5.73 Å². The number of nitrogens with one attached hydrogen (secondary N) is 5. The molecule has 1 saturated heterocycles. The molecule has 2 aliphatic carbocycles. The van der Waals surface area contributed by atoms with Gasteiger partial charge in [0.2, 0.25) is 23.6 Å². The minimum atomic E-state index is -2.03. The first kappa shape index (κ1) is 59.1. The Kier molecular flexibility index (Phi) is 19.4. The first-order valence-corrected chi connectivity index (χ1v) is 27.7. The minimum Gasteiger partial charge on any atom is -0.507 e. The standard InChI is InChI=1S/C58H72FN9O10S/c1-34-50(79-33-63-34)37-17-15-36(16-18-37)44(65-53(75)45-29-39(69)32-68(45)55(77)51(57(2,3)4)66-56(78)58(59)23-24-58)31-49(73)61-25-11-7-6-8-14-48(72)62-26-27-67(5)54(76)41-21-19-38(28-47(41)71)46(70)30-42(60)52(74)64-43-22-20-35-12-9-10-13-40(35)43/h9-10,12-13,15-19,21,28,30,33,39,43-45,51,69,71H,6-8,11,14,20,22-27,29,31-32,60H2,1-5H3,(H,61,73)(H,62,72)(H,64,74)(H,65,75)(H,66,78)/t39-,43?,44+,45+,51-/m1/s1. The number of thiazole rings is 1. The summed E-state index contributed by atoms with van der Waals surface area (Å²) in [6.45, 7) is 7.53. The van der Waals surface area contributed by atoms with E-state index in [0.29, 0.717) is 37.8 Å². The topological polar surface area (TPSA) is 283 Å². The molecule has 9 N–H and O–H groups in total. The number of β-amino-alcohol motifs (C(OH)–C–C–N with tert-alkyl or cyclic N) is 1. The monoisotopic (exact) mass is 1110 g/mol. The van der Waals surface area contributed by atoms with Crippen LogP contribution in [0.3, 0.4) is 0 Å². The highest BCUT2D eigenvalue weighted by Gasteiger charge is 2.53. The number of carbonyl (C=O) groups is 8. The number of amides is 7. The van der Waals surface area contributed by atoms with E-state index in [1.54, 1.807) is 26.3 Å². The average Bonchev–Trinajstić information content (AvgIpc) is 3.72. The van der Waals surface area contributed by atoms with Crippen LogP contribution in [0, 0.1) is 12.3 Å². The van der Waals surface area contributed by atoms with Gasteiger partial charge in [0.15, 0.2) is 11.5 Å². The molecule has 5 atom stereocenters. The summed E-state index contributed by atoms with van der Waals surface area (Å²) < 4.78 is 14.7. The number of hydrogen-bond donors (Lipinski definition) is 8. The number of aliphatic hydroxyl groups is 1. The van der Waals surface area contributed by atoms with Gasteiger partial charge in [-0.1, -0.05) is 82.1 Å². The summed E-state index contributed by atoms with van der Waals surface area (Å²) in [7, 11) is 1.52. The SMILES string of the molecule is Cc1ncsc1-c1ccc([C@H](CC(=O)NCCCCCCC(=O)NCCN(C)C(=O)c2ccc(C(=O)C=C(N)C(=O)NC3CCc4ccccc43)cc2O)NC(=O)[C@@H]2C[C@@H](O)CN2C(=O)[C@@H](NC(=O)C2(F)CC2)C(C)(C)C)cc1. The molecule has 3 aromatic carbocycles. The van der Waals surface area contributed by atoms with Crippen molar-refractivity contribution in [2.75, 3.05) is 33.2 Å². The predicted octanol–water partition coefficient (Wildman–Crippen LogP) is 5.15. The molecule has 1 saturated carbocycles. The van der Waals surface area contributed by atoms with Gasteiger partial charge in [0.25, 0.3) is 17.7 Å². The number of likely N-dealkylation sites (tertiary alicyclic amines) is 1. The van der Waals surface area contributed by atoms with E-state index in [1.165, 1.54) is 40.3 Å². The Labute approximate surface area is 463 Å². The molecule has 2 heterocycles. The van der Waals surface area contributed by atoms with Crippen molar-refractivity contribution in [3.05, 3.63) is 118 Å². The fourth-order valence-electron chi connectivity index (χ4n) is 9.80. The van der Waals surface area contributed by atoms with E-state index in [0.717, 1.165) is 52.2 Å². The highest BCUT2D eigenvalue weighted by Crippen LogP contribution is 2.41. The molecule has 0 bridgehead atoms. The van der Waals surface area contributed by atoms with Crippen molar-refractivity contribution < 1.29 is 53.0 Å². The Morgan fingerprint density at radius 3 is 2.33 bits per heavy atom. The van der Waals surface area contributed by atoms with Gasteiger partial charge in [-0.3, -0.25) is 38.4 Å². The van der Waals surface area contributed by atoms with Crippen LogP contribution in [0.1, 0.15) is 140 Å². The van der Waals surface area contributed by atoms with Crippen molar-refractivity contribution >= 4 is 58.5 Å². The summed E-state index contributed by atoms with van der Waals surface area (Å²) >= 11 is 1.49. The maximum Gasteiger partial charge on any atom is 0.267 e. The van der Waals surface area contributed by atoms with Gasteiger partial charge in [-0.15, -0.1) is 11.3 Å². The van der Waals surface area contributed by atoms with Gasteiger partial charge in [-0.25, -0.2) is 9.37 Å². The Morgan fingerprint density at radius 2 is 1.65 bits per heavy atom. The molecule has 21 heteroatoms. The number of aromatic nitrogens is 1. The number of likely N-dealkylation sites (N-methyl/N-ethyl adjacent to an activating group) is 1. The molecule has 4 aromatic rings. The fraction of sp³-hybridized carbons (Fsp3) is 0.466. The van der Waals surface area contributed by atoms with E-state index in [-0.39, 0.29) is 86.4 Å². The van der Waals surface area contributed by atoms with Crippen molar-refractivity contribution in [3.8, 4) is 16.2 Å². The number of benzene rings is 3. The number of nitrogens with two attached hydrogens (primary N) is 1. The molecule has 79 heavy (non-hydrogen) atoms. The zero-order valence-corrected chi connectivity index (χ0v) is 46.2. The maximum absolute atomic E-state index is 14.7. The molecular formula is C58H72FN9O10S. The summed E-state index contributed by atoms with van der Waals surface area (Å²) in [5.41, 5.74) is 9.08. The summed E-state index contributed by atoms with van der Waals surface area (Å²) in [5, 5.41) is 35.6. The van der Waals surface area contributed by atoms with Crippen LogP contribution in [0.15, 0.2) is 84.0 Å². The van der Waals surface area contributed by atoms with E-state index >= 15 is 0 Å². The smallest absolute Gasteiger partial charge is 0.267 e. The number of aryl methyl sites for hydroxylation is 2. The zero-order chi connectivity index (χ0) is 57.2. The number of alkyl halides is 1. The number of phenolic OH excluding ortho intramolecular Hbond substituents is 1. The lowest BCUT2D eigenvalue weighted by Gasteiger charge is -2.36. The molecule has 1 unspecified atom stereocenters. The van der Waals surface area contributed by atoms with E-state index < -0.39 is 76.4 Å². The Balaban J connectivity index is 0.830. The molecule has 0 spiro atoms. The number of nitrogens with zero attached hydrogens (tertiary/aromatic N) is 3. The summed E-state index contributed by atoms with van der Waals surface area (Å²) in [6.07, 6.45) is 4.23. The van der Waals surface area contributed by atoms with Crippen LogP contribution >= 0.6 is 11.3 Å². The van der Waals surface area contributed by atoms with Crippen LogP contribution in [0.2, 0.25) is 0 Å². The third kappa shape index (κ3) is 15.4. The number of rotatable bonds is 24. The van der Waals surface area contributed by atoms with Crippen LogP contribution in [0.5, 0.6) is 5.75 Å². The number of carbonyl (C=O) groups excluding carboxylic acids is 8. The number of halogens is 1. The van der Waals surface area contributed by atoms with Gasteiger partial charge >= 0.3 is 0 Å². The largest absolute Gasteiger partial charge is 0.507 e. The van der Waals surface area contributed by atoms with Crippen LogP contribution in [0.25, 0.3) is 10.4 Å². The molecule has 2 fully saturated rings. The Bertz CT molecular complexity index is 2950. The number of phenols is 1. The van der Waals surface area contributed by atoms with Crippen LogP contribution in [-0.4, -0.2) is 129 Å². The van der Waals surface area contributed by atoms with Gasteiger partial charge in [0.05, 0.1) is 46.3 Å². The second-order valence-corrected chi connectivity index (χ2v) is 22.7. The lowest BCUT2D eigenvalue weighted by molar-refractivity contribution is -0.145. The number of aromatic hydroxyl groups is 1. The maximum atomic E-state index is 14.7. The van der Waals surface area contributed by atoms with E-state index in [1.807, 2.05) is 55.5 Å². The molecule has 422 valence electrons. The van der Waals surface area contributed by atoms with Gasteiger partial charge in [-0.2, -0.15) is 0 Å². The first-order valence-electron chi connectivity index (χ1n) is 26.8. The molecule has 7 rings (SSSR count). The fourth-order valence-corrected chi connectivity index (χ4v) is 10.6. The number of fused-ring (bicyclic) bond motifs is 1. The third-order valence-corrected chi connectivity index (χ3v) is 15.6. The van der Waals surface area contributed by atoms with Crippen LogP contribution < -0.4 is 32.3 Å². The van der Waals surface area contributed by atoms with Crippen LogP contribution in [-0.2, 0) is 35.2 Å². The number of allylic oxidation sites excluding steroid dienone is 1. The Morgan fingerprint density at radius 1 is 0.937 bits per heavy atom. The van der Waals surface area contributed by atoms with Crippen LogP contribution in [0.4, 0.5) is 4.39 Å². The number of aliphatic hydroxyl groups excluding tert-OH is 1. The number of unbranched alkanes of at least 4 members (excludes halogenated alkanes) is 3. The lowest BCUT2D eigenvalue weighted by Crippen LogP contribution is -2.59. The van der Waals surface area contributed by atoms with Gasteiger partial charge in [0.1, 0.15) is 23.5 Å². The molecule has 1 aliphatic heterocycles. The lowest BCUT2D eigenvalue weighted by atomic mass is 9.85. The molecule has 1 aromatic heterocycles. The van der Waals surface area contributed by atoms with Crippen molar-refractivity contribution in [2.24, 2.45) is 11.1 Å². The highest BCUT2D eigenvalue weighted by atomic mass is 32.1. The molecule has 19 nitrogen and oxygen atoms in total. The summed E-state index contributed by atoms with van der Waals surface area (Å²) in [4.78, 5) is 114. The second-order valence-electron chi connectivity index (χ2n) is 21.8. The van der Waals surface area contributed by atoms with Crippen molar-refractivity contribution in [3.63, 3.8) is 0 Å². The van der Waals surface area contributed by atoms with Gasteiger partial charge in [0, 0.05) is 57.7 Å². The van der Waals surface area contributed by atoms with E-state index in [9.17, 15) is 53.0 Å². The second kappa shape index (κ2) is 26.0. The molecule has 7 amide bonds. The summed E-state index contributed by atoms with van der Waals surface area (Å²) in [5.74, 6) is -4.82. The Hall–Kier alpha value is -7.52. The average molecular weight is 1110 g/mol. The number of hydrogen-bond acceptors (Lipinski definition) is 13. The zero-order valence-electron chi connectivity index (χ0n) is 45.4. The van der Waals surface area contributed by atoms with Crippen molar-refractivity contribution in [1.29, 1.82) is 0 Å². The molecular weight excluding hydrogens is 1030 g/mol. The highest BCUT2D eigenvalue weighted by molar-refractivity contribution is 7.13. The first-order chi connectivity index (χ1) is 37.5. The third-order valence-electron chi connectivity index (χ3n) is 14.6. The van der Waals surface area contributed by atoms with E-state index in [2.05, 4.69) is 31.6 Å². The quantitative estimate of drug-likeness (QED) is 0.0257. The van der Waals surface area contributed by atoms with Gasteiger partial charge < -0.3 is 52.3 Å². The molecule has 3 aliphatic rings. The van der Waals surface area contributed by atoms with Crippen molar-refractivity contribution in [2.45, 2.75) is 134 Å². The predicted molar refractivity (Wildman–Crippen MR) is 295 cm³/mol. The summed E-state index contributed by atoms with van der Waals surface area (Å²) in [6, 6.07) is 15.6. The van der Waals surface area contributed by atoms with Gasteiger partial charge in [-0.05, 0) is 91.3 Å². The minimum absolute atomic E-state index is 0.0280. The van der Waals surface area contributed by atoms with Crippen molar-refractivity contribution in [1.82, 2.24) is 41.4 Å². The molecule has 0 radical (unpaired) electrons. The number of ketones is 1.